The summed E-state index contributed by atoms with van der Waals surface area (Å²) in [5, 5.41) is 3.90. The molecule has 0 spiro atoms. The molecular weight excluding hydrogens is 284 g/mol. The van der Waals surface area contributed by atoms with Gasteiger partial charge < -0.3 is 5.32 Å². The third-order valence-corrected chi connectivity index (χ3v) is 4.24. The van der Waals surface area contributed by atoms with Gasteiger partial charge in [0.15, 0.2) is 6.17 Å². The van der Waals surface area contributed by atoms with E-state index >= 15 is 0 Å². The van der Waals surface area contributed by atoms with Crippen molar-refractivity contribution in [3.05, 3.63) is 63.1 Å². The van der Waals surface area contributed by atoms with Gasteiger partial charge in [0.05, 0.1) is 10.0 Å². The van der Waals surface area contributed by atoms with Crippen molar-refractivity contribution < 1.29 is 4.39 Å². The van der Waals surface area contributed by atoms with Gasteiger partial charge in [-0.2, -0.15) is 0 Å². The molecule has 0 amide bonds. The normalized spacial score (nSPS) is 14.9. The number of rotatable bonds is 2. The largest absolute Gasteiger partial charge is 0.384 e. The van der Waals surface area contributed by atoms with E-state index in [4.69, 9.17) is 23.2 Å². The van der Waals surface area contributed by atoms with E-state index in [9.17, 15) is 4.39 Å². The molecule has 2 aromatic carbocycles. The topological polar surface area (TPSA) is 12.0 Å². The highest BCUT2D eigenvalue weighted by Gasteiger charge is 2.23. The van der Waals surface area contributed by atoms with E-state index in [2.05, 4.69) is 5.32 Å². The Bertz CT molecular complexity index is 628. The molecule has 0 saturated heterocycles. The van der Waals surface area contributed by atoms with Gasteiger partial charge in [-0.05, 0) is 18.1 Å². The highest BCUT2D eigenvalue weighted by Crippen LogP contribution is 2.40. The van der Waals surface area contributed by atoms with Crippen molar-refractivity contribution in [1.29, 1.82) is 0 Å². The number of anilines is 1. The van der Waals surface area contributed by atoms with Crippen LogP contribution in [0.4, 0.5) is 10.1 Å². The van der Waals surface area contributed by atoms with Crippen molar-refractivity contribution in [2.45, 2.75) is 12.6 Å². The Morgan fingerprint density at radius 2 is 1.79 bits per heavy atom. The van der Waals surface area contributed by atoms with E-state index in [0.29, 0.717) is 16.1 Å². The van der Waals surface area contributed by atoms with Crippen molar-refractivity contribution in [3.8, 4) is 0 Å². The van der Waals surface area contributed by atoms with Gasteiger partial charge in [0.1, 0.15) is 0 Å². The van der Waals surface area contributed by atoms with Crippen molar-refractivity contribution in [3.63, 3.8) is 0 Å². The van der Waals surface area contributed by atoms with Crippen LogP contribution in [0.25, 0.3) is 0 Å². The van der Waals surface area contributed by atoms with E-state index in [1.807, 2.05) is 12.1 Å². The Morgan fingerprint density at radius 3 is 2.63 bits per heavy atom. The average molecular weight is 296 g/mol. The Kier molecular flexibility index (Phi) is 3.38. The minimum Gasteiger partial charge on any atom is -0.384 e. The second-order valence-corrected chi connectivity index (χ2v) is 5.35. The summed E-state index contributed by atoms with van der Waals surface area (Å²) in [6, 6.07) is 10.7. The summed E-state index contributed by atoms with van der Waals surface area (Å²) < 4.78 is 14.8. The summed E-state index contributed by atoms with van der Waals surface area (Å²) in [7, 11) is 0. The van der Waals surface area contributed by atoms with Crippen LogP contribution in [-0.2, 0) is 6.42 Å². The van der Waals surface area contributed by atoms with Gasteiger partial charge in [-0.15, -0.1) is 0 Å². The quantitative estimate of drug-likeness (QED) is 0.820. The van der Waals surface area contributed by atoms with E-state index in [1.165, 1.54) is 0 Å². The van der Waals surface area contributed by atoms with E-state index in [1.54, 1.807) is 24.3 Å². The SMILES string of the molecule is FC(c1cccc(Cl)c1Cl)c1cccc2c1NCC2. The molecule has 1 aliphatic heterocycles. The molecule has 3 rings (SSSR count). The summed E-state index contributed by atoms with van der Waals surface area (Å²) in [6.07, 6.45) is -0.342. The number of para-hydroxylation sites is 1. The molecule has 1 atom stereocenters. The summed E-state index contributed by atoms with van der Waals surface area (Å²) in [6.45, 7) is 0.850. The minimum atomic E-state index is -1.27. The van der Waals surface area contributed by atoms with Crippen molar-refractivity contribution in [1.82, 2.24) is 0 Å². The van der Waals surface area contributed by atoms with Crippen LogP contribution < -0.4 is 5.32 Å². The fraction of sp³-hybridized carbons (Fsp3) is 0.200. The number of hydrogen-bond donors (Lipinski definition) is 1. The molecule has 1 unspecified atom stereocenters. The lowest BCUT2D eigenvalue weighted by Crippen LogP contribution is -2.01. The van der Waals surface area contributed by atoms with Crippen LogP contribution in [0, 0.1) is 0 Å². The standard InChI is InChI=1S/C15H12Cl2FN/c16-12-6-2-4-10(13(12)17)14(18)11-5-1-3-9-7-8-19-15(9)11/h1-6,14,19H,7-8H2. The van der Waals surface area contributed by atoms with E-state index < -0.39 is 6.17 Å². The molecular formula is C15H12Cl2FN. The maximum Gasteiger partial charge on any atom is 0.154 e. The summed E-state index contributed by atoms with van der Waals surface area (Å²) >= 11 is 12.0. The first-order chi connectivity index (χ1) is 9.18. The van der Waals surface area contributed by atoms with Crippen LogP contribution in [0.1, 0.15) is 22.9 Å². The average Bonchev–Trinajstić information content (AvgIpc) is 2.89. The fourth-order valence-electron chi connectivity index (χ4n) is 2.46. The second-order valence-electron chi connectivity index (χ2n) is 4.56. The first-order valence-electron chi connectivity index (χ1n) is 6.12. The Balaban J connectivity index is 2.08. The molecule has 0 saturated carbocycles. The number of nitrogens with one attached hydrogen (secondary N) is 1. The molecule has 4 heteroatoms. The second kappa shape index (κ2) is 5.03. The monoisotopic (exact) mass is 295 g/mol. The zero-order chi connectivity index (χ0) is 13.4. The summed E-state index contributed by atoms with van der Waals surface area (Å²) in [4.78, 5) is 0. The zero-order valence-corrected chi connectivity index (χ0v) is 11.6. The van der Waals surface area contributed by atoms with E-state index in [-0.39, 0.29) is 5.02 Å². The van der Waals surface area contributed by atoms with Gasteiger partial charge >= 0.3 is 0 Å². The molecule has 0 bridgehead atoms. The Labute approximate surface area is 121 Å². The molecule has 0 radical (unpaired) electrons. The van der Waals surface area contributed by atoms with Gasteiger partial charge in [-0.3, -0.25) is 0 Å². The number of benzene rings is 2. The molecule has 1 heterocycles. The van der Waals surface area contributed by atoms with Gasteiger partial charge in [0.25, 0.3) is 0 Å². The number of fused-ring (bicyclic) bond motifs is 1. The van der Waals surface area contributed by atoms with Crippen molar-refractivity contribution in [2.24, 2.45) is 0 Å². The highest BCUT2D eigenvalue weighted by atomic mass is 35.5. The maximum atomic E-state index is 14.8. The smallest absolute Gasteiger partial charge is 0.154 e. The number of alkyl halides is 1. The first-order valence-corrected chi connectivity index (χ1v) is 6.87. The van der Waals surface area contributed by atoms with Gasteiger partial charge in [0, 0.05) is 23.4 Å². The van der Waals surface area contributed by atoms with Gasteiger partial charge in [-0.25, -0.2) is 4.39 Å². The highest BCUT2D eigenvalue weighted by molar-refractivity contribution is 6.42. The third-order valence-electron chi connectivity index (χ3n) is 3.41. The maximum absolute atomic E-state index is 14.8. The fourth-order valence-corrected chi connectivity index (χ4v) is 2.86. The molecule has 98 valence electrons. The first kappa shape index (κ1) is 12.8. The van der Waals surface area contributed by atoms with Crippen LogP contribution in [-0.4, -0.2) is 6.54 Å². The number of hydrogen-bond acceptors (Lipinski definition) is 1. The van der Waals surface area contributed by atoms with Crippen LogP contribution in [0.3, 0.4) is 0 Å². The molecule has 2 aromatic rings. The predicted molar refractivity (Wildman–Crippen MR) is 78.0 cm³/mol. The van der Waals surface area contributed by atoms with Crippen LogP contribution in [0.5, 0.6) is 0 Å². The summed E-state index contributed by atoms with van der Waals surface area (Å²) in [5.74, 6) is 0. The molecule has 1 N–H and O–H groups in total. The van der Waals surface area contributed by atoms with Crippen molar-refractivity contribution >= 4 is 28.9 Å². The van der Waals surface area contributed by atoms with Crippen LogP contribution in [0.2, 0.25) is 10.0 Å². The lowest BCUT2D eigenvalue weighted by molar-refractivity contribution is 0.403. The minimum absolute atomic E-state index is 0.285. The third kappa shape index (κ3) is 2.19. The zero-order valence-electron chi connectivity index (χ0n) is 10.1. The Morgan fingerprint density at radius 1 is 1.05 bits per heavy atom. The predicted octanol–water partition coefficient (Wildman–Crippen LogP) is 5.02. The molecule has 1 nitrogen and oxygen atoms in total. The molecule has 0 aliphatic carbocycles. The van der Waals surface area contributed by atoms with Gasteiger partial charge in [0.2, 0.25) is 0 Å². The van der Waals surface area contributed by atoms with E-state index in [0.717, 1.165) is 24.2 Å². The van der Waals surface area contributed by atoms with Crippen molar-refractivity contribution in [2.75, 3.05) is 11.9 Å². The summed E-state index contributed by atoms with van der Waals surface area (Å²) in [5.41, 5.74) is 3.08. The Hall–Kier alpha value is -1.25. The molecule has 0 fully saturated rings. The molecule has 1 aliphatic rings. The lowest BCUT2D eigenvalue weighted by atomic mass is 9.99. The van der Waals surface area contributed by atoms with Crippen LogP contribution in [0.15, 0.2) is 36.4 Å². The van der Waals surface area contributed by atoms with Crippen LogP contribution >= 0.6 is 23.2 Å². The molecule has 0 aromatic heterocycles. The lowest BCUT2D eigenvalue weighted by Gasteiger charge is -2.15. The van der Waals surface area contributed by atoms with Gasteiger partial charge in [-0.1, -0.05) is 53.5 Å². The number of halogens is 3. The molecule has 19 heavy (non-hydrogen) atoms.